The lowest BCUT2D eigenvalue weighted by atomic mass is 10.4. The third kappa shape index (κ3) is 3.98. The van der Waals surface area contributed by atoms with E-state index in [1.165, 1.54) is 10.6 Å². The van der Waals surface area contributed by atoms with Gasteiger partial charge in [-0.2, -0.15) is 11.8 Å². The van der Waals surface area contributed by atoms with Crippen molar-refractivity contribution in [2.75, 3.05) is 25.3 Å². The summed E-state index contributed by atoms with van der Waals surface area (Å²) in [4.78, 5) is 0. The zero-order valence-corrected chi connectivity index (χ0v) is 9.00. The monoisotopic (exact) mass is 197 g/mol. The summed E-state index contributed by atoms with van der Waals surface area (Å²) in [6, 6.07) is 0.0833. The van der Waals surface area contributed by atoms with Crippen LogP contribution in [0.15, 0.2) is 0 Å². The Hall–Kier alpha value is 0.260. The summed E-state index contributed by atoms with van der Waals surface area (Å²) < 4.78 is 23.3. The summed E-state index contributed by atoms with van der Waals surface area (Å²) in [7, 11) is -1.40. The second kappa shape index (κ2) is 4.33. The molecule has 5 heteroatoms. The number of hydrogen-bond donors (Lipinski definition) is 0. The molecule has 0 N–H and O–H groups in total. The average molecular weight is 197 g/mol. The minimum absolute atomic E-state index is 0.0833. The standard InChI is InChI=1S/C6H15NO2S2/c1-6(5-10-3)7(2)11(4,8)9/h6H,5H2,1-4H3. The molecule has 0 spiro atoms. The minimum atomic E-state index is -3.00. The van der Waals surface area contributed by atoms with E-state index >= 15 is 0 Å². The number of sulfonamides is 1. The first kappa shape index (κ1) is 11.3. The average Bonchev–Trinajstić information content (AvgIpc) is 1.85. The van der Waals surface area contributed by atoms with Crippen LogP contribution in [0.4, 0.5) is 0 Å². The van der Waals surface area contributed by atoms with Crippen molar-refractivity contribution in [3.63, 3.8) is 0 Å². The highest BCUT2D eigenvalue weighted by Crippen LogP contribution is 2.06. The molecule has 0 rings (SSSR count). The quantitative estimate of drug-likeness (QED) is 0.663. The second-order valence-corrected chi connectivity index (χ2v) is 5.54. The van der Waals surface area contributed by atoms with E-state index in [9.17, 15) is 8.42 Å². The molecular weight excluding hydrogens is 182 g/mol. The fraction of sp³-hybridized carbons (Fsp3) is 1.00. The van der Waals surface area contributed by atoms with Gasteiger partial charge in [0.05, 0.1) is 6.26 Å². The van der Waals surface area contributed by atoms with E-state index in [0.717, 1.165) is 5.75 Å². The van der Waals surface area contributed by atoms with Gasteiger partial charge in [0.2, 0.25) is 10.0 Å². The van der Waals surface area contributed by atoms with Gasteiger partial charge in [0, 0.05) is 18.8 Å². The molecule has 0 bridgehead atoms. The molecule has 0 aromatic heterocycles. The maximum Gasteiger partial charge on any atom is 0.211 e. The Balaban J connectivity index is 4.14. The van der Waals surface area contributed by atoms with Crippen molar-refractivity contribution in [1.82, 2.24) is 4.31 Å². The van der Waals surface area contributed by atoms with Crippen LogP contribution in [-0.2, 0) is 10.0 Å². The summed E-state index contributed by atoms with van der Waals surface area (Å²) in [6.07, 6.45) is 3.19. The molecule has 68 valence electrons. The van der Waals surface area contributed by atoms with Crippen LogP contribution < -0.4 is 0 Å². The lowest BCUT2D eigenvalue weighted by molar-refractivity contribution is 0.419. The maximum atomic E-state index is 11.0. The van der Waals surface area contributed by atoms with Crippen LogP contribution in [0.5, 0.6) is 0 Å². The van der Waals surface area contributed by atoms with Crippen molar-refractivity contribution in [2.45, 2.75) is 13.0 Å². The van der Waals surface area contributed by atoms with Crippen molar-refractivity contribution in [3.8, 4) is 0 Å². The minimum Gasteiger partial charge on any atom is -0.213 e. The Bertz CT molecular complexity index is 201. The molecule has 1 unspecified atom stereocenters. The molecule has 3 nitrogen and oxygen atoms in total. The van der Waals surface area contributed by atoms with Crippen LogP contribution in [0.25, 0.3) is 0 Å². The lowest BCUT2D eigenvalue weighted by Gasteiger charge is -2.21. The van der Waals surface area contributed by atoms with Crippen molar-refractivity contribution >= 4 is 21.8 Å². The van der Waals surface area contributed by atoms with Crippen molar-refractivity contribution < 1.29 is 8.42 Å². The number of hydrogen-bond acceptors (Lipinski definition) is 3. The first-order valence-corrected chi connectivity index (χ1v) is 6.55. The summed E-state index contributed by atoms with van der Waals surface area (Å²) in [5, 5.41) is 0. The highest BCUT2D eigenvalue weighted by Gasteiger charge is 2.16. The maximum absolute atomic E-state index is 11.0. The largest absolute Gasteiger partial charge is 0.213 e. The van der Waals surface area contributed by atoms with E-state index in [4.69, 9.17) is 0 Å². The molecule has 0 amide bonds. The number of nitrogens with zero attached hydrogens (tertiary/aromatic N) is 1. The van der Waals surface area contributed by atoms with E-state index in [1.807, 2.05) is 13.2 Å². The molecule has 0 heterocycles. The summed E-state index contributed by atoms with van der Waals surface area (Å²) in [5.41, 5.74) is 0. The van der Waals surface area contributed by atoms with Crippen molar-refractivity contribution in [2.24, 2.45) is 0 Å². The van der Waals surface area contributed by atoms with Gasteiger partial charge in [0.25, 0.3) is 0 Å². The van der Waals surface area contributed by atoms with E-state index in [2.05, 4.69) is 0 Å². The lowest BCUT2D eigenvalue weighted by Crippen LogP contribution is -2.35. The van der Waals surface area contributed by atoms with Gasteiger partial charge >= 0.3 is 0 Å². The van der Waals surface area contributed by atoms with E-state index in [1.54, 1.807) is 18.8 Å². The Morgan fingerprint density at radius 3 is 2.27 bits per heavy atom. The van der Waals surface area contributed by atoms with Gasteiger partial charge < -0.3 is 0 Å². The SMILES string of the molecule is CSCC(C)N(C)S(C)(=O)=O. The molecule has 0 aromatic carbocycles. The molecular formula is C6H15NO2S2. The molecule has 0 saturated heterocycles. The van der Waals surface area contributed by atoms with E-state index in [0.29, 0.717) is 0 Å². The van der Waals surface area contributed by atoms with Gasteiger partial charge in [-0.1, -0.05) is 0 Å². The van der Waals surface area contributed by atoms with Gasteiger partial charge in [-0.05, 0) is 13.2 Å². The predicted molar refractivity (Wildman–Crippen MR) is 50.5 cm³/mol. The van der Waals surface area contributed by atoms with Gasteiger partial charge in [-0.3, -0.25) is 0 Å². The molecule has 0 radical (unpaired) electrons. The Kier molecular flexibility index (Phi) is 4.43. The first-order chi connectivity index (χ1) is 4.89. The molecule has 11 heavy (non-hydrogen) atoms. The Morgan fingerprint density at radius 1 is 1.55 bits per heavy atom. The van der Waals surface area contributed by atoms with Crippen molar-refractivity contribution in [1.29, 1.82) is 0 Å². The van der Waals surface area contributed by atoms with Gasteiger partial charge in [0.15, 0.2) is 0 Å². The molecule has 0 aliphatic rings. The highest BCUT2D eigenvalue weighted by atomic mass is 32.2. The van der Waals surface area contributed by atoms with E-state index in [-0.39, 0.29) is 6.04 Å². The van der Waals surface area contributed by atoms with E-state index < -0.39 is 10.0 Å². The fourth-order valence-corrected chi connectivity index (χ4v) is 2.20. The molecule has 0 aliphatic carbocycles. The number of thioether (sulfide) groups is 1. The highest BCUT2D eigenvalue weighted by molar-refractivity contribution is 7.98. The summed E-state index contributed by atoms with van der Waals surface area (Å²) in [6.45, 7) is 1.90. The molecule has 0 saturated carbocycles. The first-order valence-electron chi connectivity index (χ1n) is 3.31. The summed E-state index contributed by atoms with van der Waals surface area (Å²) in [5.74, 6) is 0.837. The smallest absolute Gasteiger partial charge is 0.211 e. The number of rotatable bonds is 4. The van der Waals surface area contributed by atoms with Crippen LogP contribution in [-0.4, -0.2) is 44.1 Å². The zero-order valence-electron chi connectivity index (χ0n) is 7.36. The van der Waals surface area contributed by atoms with Crippen LogP contribution in [0.1, 0.15) is 6.92 Å². The predicted octanol–water partition coefficient (Wildman–Crippen LogP) is 0.629. The Morgan fingerprint density at radius 2 is 2.00 bits per heavy atom. The van der Waals surface area contributed by atoms with Crippen LogP contribution in [0.2, 0.25) is 0 Å². The van der Waals surface area contributed by atoms with Gasteiger partial charge in [-0.15, -0.1) is 0 Å². The molecule has 0 fully saturated rings. The molecule has 0 aliphatic heterocycles. The summed E-state index contributed by atoms with van der Waals surface area (Å²) >= 11 is 1.65. The van der Waals surface area contributed by atoms with Gasteiger partial charge in [0.1, 0.15) is 0 Å². The zero-order chi connectivity index (χ0) is 9.07. The topological polar surface area (TPSA) is 37.4 Å². The second-order valence-electron chi connectivity index (χ2n) is 2.58. The van der Waals surface area contributed by atoms with Crippen molar-refractivity contribution in [3.05, 3.63) is 0 Å². The van der Waals surface area contributed by atoms with Gasteiger partial charge in [-0.25, -0.2) is 12.7 Å². The van der Waals surface area contributed by atoms with Crippen LogP contribution in [0.3, 0.4) is 0 Å². The fourth-order valence-electron chi connectivity index (χ4n) is 0.673. The third-order valence-electron chi connectivity index (χ3n) is 1.55. The normalized spacial score (nSPS) is 15.4. The van der Waals surface area contributed by atoms with Crippen LogP contribution in [0, 0.1) is 0 Å². The Labute approximate surface area is 73.2 Å². The van der Waals surface area contributed by atoms with Crippen LogP contribution >= 0.6 is 11.8 Å². The molecule has 0 aromatic rings. The molecule has 1 atom stereocenters. The third-order valence-corrected chi connectivity index (χ3v) is 3.77.